The Bertz CT molecular complexity index is 100. The molecule has 0 amide bonds. The van der Waals surface area contributed by atoms with Crippen LogP contribution in [0.25, 0.3) is 0 Å². The molecule has 0 spiro atoms. The monoisotopic (exact) mass is 91.1 g/mol. The van der Waals surface area contributed by atoms with Crippen molar-refractivity contribution < 1.29 is 0 Å². The van der Waals surface area contributed by atoms with Crippen molar-refractivity contribution in [2.45, 2.75) is 6.42 Å². The third-order valence-electron chi connectivity index (χ3n) is 3.73. The summed E-state index contributed by atoms with van der Waals surface area (Å²) in [7, 11) is 0. The lowest BCUT2D eigenvalue weighted by atomic mass is 10.0. The van der Waals surface area contributed by atoms with Crippen molar-refractivity contribution in [2.24, 2.45) is 29.6 Å². The van der Waals surface area contributed by atoms with Gasteiger partial charge in [0, 0.05) is 0 Å². The first-order valence-corrected chi connectivity index (χ1v) is 3.34. The summed E-state index contributed by atoms with van der Waals surface area (Å²) in [5.74, 6) is 8.26. The molecule has 0 heteroatoms. The van der Waals surface area contributed by atoms with E-state index in [1.165, 1.54) is 29.6 Å². The van der Waals surface area contributed by atoms with Crippen molar-refractivity contribution in [1.82, 2.24) is 0 Å². The first-order valence-electron chi connectivity index (χ1n) is 3.34. The quantitative estimate of drug-likeness (QED) is 0.391. The lowest BCUT2D eigenvalue weighted by Gasteiger charge is -2.13. The van der Waals surface area contributed by atoms with Crippen LogP contribution < -0.4 is 0 Å². The molecule has 0 aliphatic heterocycles. The second kappa shape index (κ2) is 0.416. The molecule has 0 aromatic heterocycles. The molecule has 0 aromatic carbocycles. The summed E-state index contributed by atoms with van der Waals surface area (Å²) in [6.07, 6.45) is 1.57. The molecule has 0 saturated heterocycles. The van der Waals surface area contributed by atoms with E-state index in [0.717, 1.165) is 0 Å². The summed E-state index contributed by atoms with van der Waals surface area (Å²) in [6.45, 7) is 0. The maximum atomic E-state index is 1.99. The Kier molecular flexibility index (Phi) is 0.150. The van der Waals surface area contributed by atoms with E-state index in [0.29, 0.717) is 0 Å². The second-order valence-corrected chi connectivity index (χ2v) is 3.65. The largest absolute Gasteiger partial charge is 0.311 e. The van der Waals surface area contributed by atoms with Crippen LogP contribution in [0.15, 0.2) is 0 Å². The molecule has 0 nitrogen and oxygen atoms in total. The zero-order chi connectivity index (χ0) is 4.17. The summed E-state index contributed by atoms with van der Waals surface area (Å²) < 4.78 is 0. The van der Waals surface area contributed by atoms with Gasteiger partial charge in [0.2, 0.25) is 0 Å². The fourth-order valence-electron chi connectivity index (χ4n) is 3.45. The highest BCUT2D eigenvalue weighted by Gasteiger charge is 2.76. The average molecular weight is 91.1 g/mol. The minimum absolute atomic E-state index is 1.23. The molecule has 2 bridgehead atoms. The van der Waals surface area contributed by atoms with Gasteiger partial charge in [-0.1, -0.05) is 17.8 Å². The Balaban J connectivity index is 2.20. The van der Waals surface area contributed by atoms with Crippen molar-refractivity contribution in [3.63, 3.8) is 0 Å². The highest BCUT2D eigenvalue weighted by Crippen LogP contribution is 2.93. The van der Waals surface area contributed by atoms with Crippen molar-refractivity contribution >= 4 is 0 Å². The molecule has 0 N–H and O–H groups in total. The van der Waals surface area contributed by atoms with Crippen molar-refractivity contribution in [2.75, 3.05) is 0 Å². The van der Waals surface area contributed by atoms with Crippen LogP contribution in [0.4, 0.5) is 0 Å². The van der Waals surface area contributed by atoms with Crippen molar-refractivity contribution in [3.8, 4) is 0 Å². The third-order valence-corrected chi connectivity index (χ3v) is 3.73. The van der Waals surface area contributed by atoms with Gasteiger partial charge >= 0.3 is 0 Å². The van der Waals surface area contributed by atoms with Gasteiger partial charge in [0.1, 0.15) is 0 Å². The van der Waals surface area contributed by atoms with Gasteiger partial charge in [0.15, 0.2) is 0 Å². The molecule has 4 unspecified atom stereocenters. The van der Waals surface area contributed by atoms with Crippen molar-refractivity contribution in [1.29, 1.82) is 0 Å². The van der Waals surface area contributed by atoms with Gasteiger partial charge < -0.3 is 5.92 Å². The van der Waals surface area contributed by atoms with Crippen molar-refractivity contribution in [3.05, 3.63) is 5.92 Å². The average Bonchev–Trinajstić information content (AvgIpc) is 2.18. The van der Waals surface area contributed by atoms with Gasteiger partial charge in [0.05, 0.1) is 0 Å². The predicted molar refractivity (Wildman–Crippen MR) is 25.3 cm³/mol. The summed E-state index contributed by atoms with van der Waals surface area (Å²) in [5.41, 5.74) is 0. The maximum absolute atomic E-state index is 1.99. The normalized spacial score (nSPS) is 88.3. The lowest BCUT2D eigenvalue weighted by Crippen LogP contribution is -2.00. The van der Waals surface area contributed by atoms with Gasteiger partial charge in [-0.15, -0.1) is 0 Å². The molecule has 5 fully saturated rings. The second-order valence-electron chi connectivity index (χ2n) is 3.65. The Hall–Kier alpha value is 0. The topological polar surface area (TPSA) is 0 Å². The lowest BCUT2D eigenvalue weighted by molar-refractivity contribution is 0.434. The minimum atomic E-state index is 1.23. The highest BCUT2D eigenvalue weighted by atomic mass is 14.9. The molecule has 0 aromatic rings. The third kappa shape index (κ3) is 0.0938. The first-order chi connectivity index (χ1) is 3.48. The van der Waals surface area contributed by atoms with E-state index in [1.807, 2.05) is 5.92 Å². The first kappa shape index (κ1) is 2.52. The molecule has 5 aliphatic carbocycles. The van der Waals surface area contributed by atoms with Gasteiger partial charge in [-0.05, 0) is 0 Å². The molecule has 7 heavy (non-hydrogen) atoms. The van der Waals surface area contributed by atoms with Crippen LogP contribution in [0.3, 0.4) is 0 Å². The van der Waals surface area contributed by atoms with E-state index in [4.69, 9.17) is 0 Å². The molecule has 5 aliphatic rings. The Morgan fingerprint density at radius 2 is 1.86 bits per heavy atom. The molecule has 0 heterocycles. The van der Waals surface area contributed by atoms with Crippen LogP contribution >= 0.6 is 0 Å². The molecule has 4 atom stereocenters. The fraction of sp³-hybridized carbons (Fsp3) is 0.857. The maximum Gasteiger partial charge on any atom is -0.0662 e. The minimum Gasteiger partial charge on any atom is -0.311 e. The van der Waals surface area contributed by atoms with Crippen LogP contribution in [0.1, 0.15) is 6.42 Å². The van der Waals surface area contributed by atoms with Gasteiger partial charge in [-0.2, -0.15) is 18.3 Å². The standard InChI is InChI=1S/C7H7/c1-2-4-5(2)7-3(1)6(4)7/h2,4-7H,1H2/q-1. The van der Waals surface area contributed by atoms with Gasteiger partial charge in [-0.3, -0.25) is 0 Å². The summed E-state index contributed by atoms with van der Waals surface area (Å²) >= 11 is 0. The van der Waals surface area contributed by atoms with Crippen LogP contribution in [-0.2, 0) is 0 Å². The molecule has 36 valence electrons. The molecule has 5 saturated carbocycles. The summed E-state index contributed by atoms with van der Waals surface area (Å²) in [4.78, 5) is 0. The Labute approximate surface area is 42.9 Å². The van der Waals surface area contributed by atoms with E-state index in [-0.39, 0.29) is 0 Å². The van der Waals surface area contributed by atoms with Gasteiger partial charge in [-0.25, -0.2) is 0 Å². The van der Waals surface area contributed by atoms with Crippen LogP contribution in [-0.4, -0.2) is 0 Å². The number of rotatable bonds is 0. The zero-order valence-electron chi connectivity index (χ0n) is 4.09. The highest BCUT2D eigenvalue weighted by molar-refractivity contribution is 5.49. The van der Waals surface area contributed by atoms with Crippen LogP contribution in [0.5, 0.6) is 0 Å². The zero-order valence-corrected chi connectivity index (χ0v) is 4.09. The predicted octanol–water partition coefficient (Wildman–Crippen LogP) is 1.09. The Morgan fingerprint density at radius 3 is 2.00 bits per heavy atom. The smallest absolute Gasteiger partial charge is 0.0662 e. The van der Waals surface area contributed by atoms with Crippen LogP contribution in [0, 0.1) is 35.5 Å². The molecular weight excluding hydrogens is 84.1 g/mol. The molecular formula is C7H7-. The number of hydrogen-bond acceptors (Lipinski definition) is 0. The van der Waals surface area contributed by atoms with E-state index in [9.17, 15) is 0 Å². The molecule has 0 radical (unpaired) electrons. The molecule has 5 rings (SSSR count). The summed E-state index contributed by atoms with van der Waals surface area (Å²) in [6, 6.07) is 0. The van der Waals surface area contributed by atoms with Crippen LogP contribution in [0.2, 0.25) is 0 Å². The SMILES string of the molecule is C1[C-]2C3C2C2C1C32. The van der Waals surface area contributed by atoms with E-state index in [2.05, 4.69) is 0 Å². The van der Waals surface area contributed by atoms with E-state index in [1.54, 1.807) is 6.42 Å². The van der Waals surface area contributed by atoms with Gasteiger partial charge in [0.25, 0.3) is 0 Å². The number of hydrogen-bond donors (Lipinski definition) is 0. The fourth-order valence-corrected chi connectivity index (χ4v) is 3.45. The van der Waals surface area contributed by atoms with E-state index < -0.39 is 0 Å². The Morgan fingerprint density at radius 1 is 1.14 bits per heavy atom. The van der Waals surface area contributed by atoms with E-state index >= 15 is 0 Å². The summed E-state index contributed by atoms with van der Waals surface area (Å²) in [5, 5.41) is 0.